The summed E-state index contributed by atoms with van der Waals surface area (Å²) in [6, 6.07) is 11.1. The highest BCUT2D eigenvalue weighted by molar-refractivity contribution is 6.34. The van der Waals surface area contributed by atoms with E-state index in [0.29, 0.717) is 17.8 Å². The van der Waals surface area contributed by atoms with Gasteiger partial charge >= 0.3 is 6.18 Å². The average Bonchev–Trinajstić information content (AvgIpc) is 3.16. The summed E-state index contributed by atoms with van der Waals surface area (Å²) in [5, 5.41) is 0.312. The number of nitrogens with zero attached hydrogens (tertiary/aromatic N) is 2. The van der Waals surface area contributed by atoms with Gasteiger partial charge in [-0.15, -0.1) is 0 Å². The van der Waals surface area contributed by atoms with E-state index in [1.165, 1.54) is 25.1 Å². The molecular weight excluding hydrogens is 448 g/mol. The van der Waals surface area contributed by atoms with E-state index in [2.05, 4.69) is 4.99 Å². The third-order valence-electron chi connectivity index (χ3n) is 5.21. The van der Waals surface area contributed by atoms with Gasteiger partial charge in [0.15, 0.2) is 0 Å². The van der Waals surface area contributed by atoms with E-state index in [-0.39, 0.29) is 27.9 Å². The lowest BCUT2D eigenvalue weighted by atomic mass is 9.76. The van der Waals surface area contributed by atoms with E-state index in [4.69, 9.17) is 23.2 Å². The van der Waals surface area contributed by atoms with Crippen LogP contribution in [0.15, 0.2) is 47.5 Å². The number of hydrogen-bond acceptors (Lipinski definition) is 2. The molecule has 1 atom stereocenters. The maximum Gasteiger partial charge on any atom is 0.400 e. The molecule has 0 bridgehead atoms. The zero-order valence-electron chi connectivity index (χ0n) is 17.9. The summed E-state index contributed by atoms with van der Waals surface area (Å²) in [7, 11) is 1.69. The molecule has 0 spiro atoms. The van der Waals surface area contributed by atoms with Crippen molar-refractivity contribution >= 4 is 34.8 Å². The molecule has 3 nitrogen and oxygen atoms in total. The van der Waals surface area contributed by atoms with Crippen molar-refractivity contribution in [1.82, 2.24) is 4.90 Å². The van der Waals surface area contributed by atoms with Gasteiger partial charge in [-0.3, -0.25) is 9.79 Å². The molecule has 0 aromatic heterocycles. The molecule has 1 unspecified atom stereocenters. The van der Waals surface area contributed by atoms with Crippen molar-refractivity contribution in [3.05, 3.63) is 69.2 Å². The van der Waals surface area contributed by atoms with Crippen molar-refractivity contribution in [1.29, 1.82) is 0 Å². The largest absolute Gasteiger partial charge is 0.400 e. The van der Waals surface area contributed by atoms with E-state index in [1.807, 2.05) is 13.8 Å². The Balaban J connectivity index is 0.00000166. The summed E-state index contributed by atoms with van der Waals surface area (Å²) < 4.78 is 42.4. The Labute approximate surface area is 190 Å². The van der Waals surface area contributed by atoms with Crippen molar-refractivity contribution in [2.75, 3.05) is 13.6 Å². The number of carbonyl (C=O) groups excluding carboxylic acids is 1. The van der Waals surface area contributed by atoms with Gasteiger partial charge in [-0.2, -0.15) is 13.2 Å². The fourth-order valence-corrected chi connectivity index (χ4v) is 3.91. The van der Waals surface area contributed by atoms with E-state index < -0.39 is 18.1 Å². The lowest BCUT2D eigenvalue weighted by Gasteiger charge is -2.31. The standard InChI is InChI=1S/C21H19Cl2F3N2O.C2H6/c1-13(29)28(2)11-14-3-5-15(6-4-14)19-10-20(12-27-19,21(24,25)26)16-7-17(22)9-18(23)8-16;1-2/h3-9H,10-12H2,1-2H3;1-2H3. The molecule has 0 saturated carbocycles. The zero-order valence-corrected chi connectivity index (χ0v) is 19.4. The third-order valence-corrected chi connectivity index (χ3v) is 5.65. The topological polar surface area (TPSA) is 32.7 Å². The minimum Gasteiger partial charge on any atom is -0.342 e. The van der Waals surface area contributed by atoms with Crippen LogP contribution in [-0.4, -0.2) is 36.3 Å². The SMILES string of the molecule is CC.CC(=O)N(C)Cc1ccc(C2=NCC(c3cc(Cl)cc(Cl)c3)(C(F)(F)F)C2)cc1. The van der Waals surface area contributed by atoms with Crippen molar-refractivity contribution in [2.45, 2.75) is 45.3 Å². The Hall–Kier alpha value is -2.05. The summed E-state index contributed by atoms with van der Waals surface area (Å²) >= 11 is 11.9. The van der Waals surface area contributed by atoms with Gasteiger partial charge in [-0.1, -0.05) is 61.3 Å². The van der Waals surface area contributed by atoms with Crippen molar-refractivity contribution in [3.63, 3.8) is 0 Å². The van der Waals surface area contributed by atoms with Gasteiger partial charge in [0.25, 0.3) is 0 Å². The predicted molar refractivity (Wildman–Crippen MR) is 120 cm³/mol. The quantitative estimate of drug-likeness (QED) is 0.487. The highest BCUT2D eigenvalue weighted by Gasteiger charge is 2.58. The first kappa shape index (κ1) is 25.2. The van der Waals surface area contributed by atoms with Gasteiger partial charge in [-0.05, 0) is 34.9 Å². The molecule has 1 aliphatic rings. The summed E-state index contributed by atoms with van der Waals surface area (Å²) in [5.74, 6) is -0.0654. The maximum atomic E-state index is 14.1. The zero-order chi connectivity index (χ0) is 23.4. The Bertz CT molecular complexity index is 938. The molecule has 2 aromatic carbocycles. The normalized spacial score (nSPS) is 18.2. The number of carbonyl (C=O) groups is 1. The van der Waals surface area contributed by atoms with Gasteiger partial charge in [0, 0.05) is 42.7 Å². The molecular formula is C23H25Cl2F3N2O. The van der Waals surface area contributed by atoms with Crippen molar-refractivity contribution < 1.29 is 18.0 Å². The van der Waals surface area contributed by atoms with Gasteiger partial charge in [0.05, 0.1) is 6.54 Å². The molecule has 8 heteroatoms. The Morgan fingerprint density at radius 3 is 2.13 bits per heavy atom. The fraction of sp³-hybridized carbons (Fsp3) is 0.391. The number of benzene rings is 2. The number of halogens is 5. The molecule has 0 N–H and O–H groups in total. The van der Waals surface area contributed by atoms with Gasteiger partial charge < -0.3 is 4.90 Å². The number of amides is 1. The van der Waals surface area contributed by atoms with Crippen LogP contribution in [0.3, 0.4) is 0 Å². The second-order valence-electron chi connectivity index (χ2n) is 7.25. The van der Waals surface area contributed by atoms with Crippen LogP contribution in [0.4, 0.5) is 13.2 Å². The van der Waals surface area contributed by atoms with Crippen LogP contribution >= 0.6 is 23.2 Å². The van der Waals surface area contributed by atoms with Crippen LogP contribution in [0.25, 0.3) is 0 Å². The second-order valence-corrected chi connectivity index (χ2v) is 8.12. The maximum absolute atomic E-state index is 14.1. The minimum absolute atomic E-state index is 0.0148. The Kier molecular flexibility index (Phi) is 8.17. The summed E-state index contributed by atoms with van der Waals surface area (Å²) in [6.45, 7) is 5.48. The first-order valence-corrected chi connectivity index (χ1v) is 10.6. The second kappa shape index (κ2) is 10.0. The molecule has 0 fully saturated rings. The molecule has 31 heavy (non-hydrogen) atoms. The Morgan fingerprint density at radius 1 is 1.10 bits per heavy atom. The first-order chi connectivity index (χ1) is 14.5. The van der Waals surface area contributed by atoms with Gasteiger partial charge in [0.1, 0.15) is 5.41 Å². The van der Waals surface area contributed by atoms with Crippen molar-refractivity contribution in [3.8, 4) is 0 Å². The van der Waals surface area contributed by atoms with Crippen molar-refractivity contribution in [2.24, 2.45) is 4.99 Å². The molecule has 1 heterocycles. The molecule has 2 aromatic rings. The van der Waals surface area contributed by atoms with Gasteiger partial charge in [-0.25, -0.2) is 0 Å². The molecule has 1 amide bonds. The van der Waals surface area contributed by atoms with E-state index in [9.17, 15) is 18.0 Å². The average molecular weight is 473 g/mol. The van der Waals surface area contributed by atoms with Crippen LogP contribution in [0.1, 0.15) is 43.9 Å². The van der Waals surface area contributed by atoms with Crippen LogP contribution < -0.4 is 0 Å². The lowest BCUT2D eigenvalue weighted by Crippen LogP contribution is -2.43. The number of aliphatic imine (C=N–C) groups is 1. The van der Waals surface area contributed by atoms with Crippen LogP contribution in [0.5, 0.6) is 0 Å². The van der Waals surface area contributed by atoms with E-state index >= 15 is 0 Å². The van der Waals surface area contributed by atoms with E-state index in [1.54, 1.807) is 36.2 Å². The van der Waals surface area contributed by atoms with Crippen LogP contribution in [0.2, 0.25) is 10.0 Å². The third kappa shape index (κ3) is 5.60. The minimum atomic E-state index is -4.52. The smallest absolute Gasteiger partial charge is 0.342 e. The molecule has 168 valence electrons. The molecule has 0 aliphatic carbocycles. The highest BCUT2D eigenvalue weighted by Crippen LogP contribution is 2.48. The predicted octanol–water partition coefficient (Wildman–Crippen LogP) is 6.69. The highest BCUT2D eigenvalue weighted by atomic mass is 35.5. The molecule has 1 aliphatic heterocycles. The van der Waals surface area contributed by atoms with Crippen LogP contribution in [-0.2, 0) is 16.8 Å². The number of alkyl halides is 3. The molecule has 3 rings (SSSR count). The number of hydrogen-bond donors (Lipinski definition) is 0. The first-order valence-electron chi connectivity index (χ1n) is 9.89. The monoisotopic (exact) mass is 472 g/mol. The summed E-state index contributed by atoms with van der Waals surface area (Å²) in [6.07, 6.45) is -4.81. The lowest BCUT2D eigenvalue weighted by molar-refractivity contribution is -0.183. The summed E-state index contributed by atoms with van der Waals surface area (Å²) in [4.78, 5) is 17.1. The summed E-state index contributed by atoms with van der Waals surface area (Å²) in [5.41, 5.74) is -0.261. The van der Waals surface area contributed by atoms with E-state index in [0.717, 1.165) is 5.56 Å². The number of rotatable bonds is 4. The fourth-order valence-electron chi connectivity index (χ4n) is 3.39. The molecule has 0 saturated heterocycles. The Morgan fingerprint density at radius 2 is 1.65 bits per heavy atom. The van der Waals surface area contributed by atoms with Gasteiger partial charge in [0.2, 0.25) is 5.91 Å². The van der Waals surface area contributed by atoms with Crippen LogP contribution in [0, 0.1) is 0 Å². The molecule has 0 radical (unpaired) electrons.